The number of phenolic OH excluding ortho intramolecular Hbond substituents is 1. The maximum atomic E-state index is 13.8. The molecular weight excluding hydrogens is 589 g/mol. The average Bonchev–Trinajstić information content (AvgIpc) is 2.94. The number of fused-ring (bicyclic) bond motifs is 3. The number of ether oxygens (including phenoxy) is 1. The Bertz CT molecular complexity index is 1640. The number of nitrogens with one attached hydrogen (secondary N) is 1. The smallest absolute Gasteiger partial charge is 0.471 e. The number of amides is 2. The highest BCUT2D eigenvalue weighted by Crippen LogP contribution is 2.51. The Balaban J connectivity index is 1.55. The highest BCUT2D eigenvalue weighted by molar-refractivity contribution is 6.31. The molecule has 2 aromatic rings. The molecule has 0 spiro atoms. The van der Waals surface area contributed by atoms with Crippen molar-refractivity contribution in [3.8, 4) is 22.6 Å². The number of ketones is 4. The number of hydrogen-bond acceptors (Lipinski definition) is 9. The van der Waals surface area contributed by atoms with E-state index in [1.807, 2.05) is 0 Å². The molecule has 2 amide bonds. The van der Waals surface area contributed by atoms with Gasteiger partial charge in [-0.05, 0) is 60.6 Å². The fourth-order valence-electron chi connectivity index (χ4n) is 6.69. The summed E-state index contributed by atoms with van der Waals surface area (Å²) < 4.78 is 43.9. The Morgan fingerprint density at radius 1 is 1.09 bits per heavy atom. The van der Waals surface area contributed by atoms with Gasteiger partial charge in [0.15, 0.2) is 34.7 Å². The highest BCUT2D eigenvalue weighted by Gasteiger charge is 2.66. The fraction of sp³-hybridized carbons (Fsp3) is 0.400. The van der Waals surface area contributed by atoms with E-state index >= 15 is 0 Å². The fourth-order valence-corrected chi connectivity index (χ4v) is 6.69. The molecule has 0 aromatic heterocycles. The molecular formula is C30H27F3N2O9. The largest absolute Gasteiger partial charge is 0.507 e. The van der Waals surface area contributed by atoms with Gasteiger partial charge in [0.25, 0.3) is 0 Å². The van der Waals surface area contributed by atoms with Crippen LogP contribution in [0.5, 0.6) is 11.5 Å². The van der Waals surface area contributed by atoms with Crippen LogP contribution in [0.4, 0.5) is 13.2 Å². The Kier molecular flexibility index (Phi) is 7.60. The first-order valence-electron chi connectivity index (χ1n) is 13.7. The second kappa shape index (κ2) is 10.8. The van der Waals surface area contributed by atoms with E-state index in [9.17, 15) is 52.2 Å². The van der Waals surface area contributed by atoms with E-state index in [1.165, 1.54) is 24.3 Å². The number of aliphatic hydroxyl groups is 1. The molecule has 0 bridgehead atoms. The summed E-state index contributed by atoms with van der Waals surface area (Å²) in [5.74, 6) is -13.5. The van der Waals surface area contributed by atoms with Crippen molar-refractivity contribution in [2.24, 2.45) is 29.4 Å². The first-order chi connectivity index (χ1) is 20.6. The summed E-state index contributed by atoms with van der Waals surface area (Å²) >= 11 is 0. The normalized spacial score (nSPS) is 26.4. The van der Waals surface area contributed by atoms with Gasteiger partial charge in [0, 0.05) is 24.4 Å². The van der Waals surface area contributed by atoms with E-state index in [-0.39, 0.29) is 36.3 Å². The van der Waals surface area contributed by atoms with Crippen LogP contribution in [0.2, 0.25) is 0 Å². The lowest BCUT2D eigenvalue weighted by atomic mass is 9.53. The molecule has 0 aliphatic heterocycles. The zero-order valence-corrected chi connectivity index (χ0v) is 23.2. The number of Topliss-reactive ketones (excluding diaryl/α,β-unsaturated/α-hetero) is 4. The summed E-state index contributed by atoms with van der Waals surface area (Å²) in [6.45, 7) is 1.31. The van der Waals surface area contributed by atoms with Crippen LogP contribution in [0.3, 0.4) is 0 Å². The minimum Gasteiger partial charge on any atom is -0.507 e. The van der Waals surface area contributed by atoms with Gasteiger partial charge in [-0.25, -0.2) is 0 Å². The monoisotopic (exact) mass is 616 g/mol. The number of halogens is 3. The third-order valence-corrected chi connectivity index (χ3v) is 8.65. The number of carbonyl (C=O) groups excluding carboxylic acids is 6. The molecule has 11 nitrogen and oxygen atoms in total. The van der Waals surface area contributed by atoms with Gasteiger partial charge in [-0.15, -0.1) is 0 Å². The van der Waals surface area contributed by atoms with E-state index in [0.717, 1.165) is 0 Å². The van der Waals surface area contributed by atoms with Gasteiger partial charge in [0.1, 0.15) is 11.5 Å². The number of hydrogen-bond donors (Lipinski definition) is 4. The van der Waals surface area contributed by atoms with Gasteiger partial charge in [-0.2, -0.15) is 13.2 Å². The number of benzene rings is 2. The molecule has 2 aromatic carbocycles. The maximum Gasteiger partial charge on any atom is 0.471 e. The summed E-state index contributed by atoms with van der Waals surface area (Å²) in [5, 5.41) is 23.8. The lowest BCUT2D eigenvalue weighted by Gasteiger charge is -2.48. The topological polar surface area (TPSA) is 190 Å². The molecule has 0 saturated heterocycles. The predicted octanol–water partition coefficient (Wildman–Crippen LogP) is 1.57. The third kappa shape index (κ3) is 4.82. The molecule has 14 heteroatoms. The molecule has 5 N–H and O–H groups in total. The van der Waals surface area contributed by atoms with Crippen molar-refractivity contribution in [3.63, 3.8) is 0 Å². The van der Waals surface area contributed by atoms with Crippen molar-refractivity contribution in [1.82, 2.24) is 5.32 Å². The van der Waals surface area contributed by atoms with E-state index in [4.69, 9.17) is 10.5 Å². The summed E-state index contributed by atoms with van der Waals surface area (Å²) in [6.07, 6.45) is -5.68. The summed E-state index contributed by atoms with van der Waals surface area (Å²) in [6, 6.07) is 7.22. The van der Waals surface area contributed by atoms with E-state index in [2.05, 4.69) is 0 Å². The van der Waals surface area contributed by atoms with Gasteiger partial charge >= 0.3 is 12.1 Å². The number of carbonyl (C=O) groups is 6. The molecule has 0 heterocycles. The van der Waals surface area contributed by atoms with Crippen LogP contribution < -0.4 is 15.8 Å². The highest BCUT2D eigenvalue weighted by atomic mass is 19.4. The van der Waals surface area contributed by atoms with E-state index in [1.54, 1.807) is 18.3 Å². The summed E-state index contributed by atoms with van der Waals surface area (Å²) in [5.41, 5.74) is 3.50. The van der Waals surface area contributed by atoms with E-state index < -0.39 is 89.1 Å². The molecule has 3 aliphatic rings. The van der Waals surface area contributed by atoms with Crippen LogP contribution in [-0.4, -0.2) is 63.5 Å². The van der Waals surface area contributed by atoms with Gasteiger partial charge in [-0.1, -0.05) is 12.1 Å². The molecule has 2 fully saturated rings. The van der Waals surface area contributed by atoms with Crippen LogP contribution in [-0.2, 0) is 36.9 Å². The van der Waals surface area contributed by atoms with Crippen LogP contribution in [0.15, 0.2) is 30.3 Å². The predicted molar refractivity (Wildman–Crippen MR) is 143 cm³/mol. The van der Waals surface area contributed by atoms with Gasteiger partial charge in [0.2, 0.25) is 5.91 Å². The molecule has 44 heavy (non-hydrogen) atoms. The Morgan fingerprint density at radius 2 is 1.80 bits per heavy atom. The lowest BCUT2D eigenvalue weighted by Crippen LogP contribution is -2.68. The zero-order chi connectivity index (χ0) is 32.3. The van der Waals surface area contributed by atoms with Crippen molar-refractivity contribution >= 4 is 34.9 Å². The number of aromatic hydroxyl groups is 1. The molecule has 232 valence electrons. The minimum absolute atomic E-state index is 0.00275. The van der Waals surface area contributed by atoms with Crippen LogP contribution >= 0.6 is 0 Å². The Morgan fingerprint density at radius 3 is 2.43 bits per heavy atom. The maximum absolute atomic E-state index is 13.8. The third-order valence-electron chi connectivity index (χ3n) is 8.65. The summed E-state index contributed by atoms with van der Waals surface area (Å²) in [7, 11) is 0. The van der Waals surface area contributed by atoms with Gasteiger partial charge in [-0.3, -0.25) is 28.8 Å². The summed E-state index contributed by atoms with van der Waals surface area (Å²) in [4.78, 5) is 76.4. The van der Waals surface area contributed by atoms with Crippen LogP contribution in [0.1, 0.15) is 41.3 Å². The van der Waals surface area contributed by atoms with Crippen molar-refractivity contribution in [1.29, 1.82) is 0 Å². The molecule has 2 saturated carbocycles. The molecule has 5 atom stereocenters. The molecule has 0 radical (unpaired) electrons. The number of nitrogens with two attached hydrogens (primary N) is 1. The SMILES string of the molecule is CCOc1ccc(-c2ccc(O)c3c2C[C@H]2C[C@H]4CC(=O)C(C(N)=O)C(=O)[C@@]4(O)C(=O)C2C3=O)cc1CNC(=O)C(F)(F)F. The first-order valence-corrected chi connectivity index (χ1v) is 13.7. The van der Waals surface area contributed by atoms with E-state index in [0.29, 0.717) is 16.7 Å². The van der Waals surface area contributed by atoms with Crippen LogP contribution in [0.25, 0.3) is 11.1 Å². The van der Waals surface area contributed by atoms with Crippen molar-refractivity contribution < 1.29 is 56.9 Å². The van der Waals surface area contributed by atoms with Crippen LogP contribution in [0, 0.1) is 23.7 Å². The van der Waals surface area contributed by atoms with Gasteiger partial charge < -0.3 is 26.0 Å². The number of alkyl halides is 3. The Labute approximate surface area is 247 Å². The standard InChI is InChI=1S/C30H27F3N2O9/c1-2-44-20-6-3-12(7-14(20)11-35-28(42)30(31,32)33)16-4-5-18(36)22-17(16)9-13-8-15-10-19(37)23(27(34)41)26(40)29(15,43)25(39)21(13)24(22)38/h3-7,13,15,21,23,36,43H,2,8-11H2,1H3,(H2,34,41)(H,35,42)/t13-,15+,21?,23?,29+/m1/s1. The number of primary amides is 1. The van der Waals surface area contributed by atoms with Gasteiger partial charge in [0.05, 0.1) is 18.1 Å². The zero-order valence-electron chi connectivity index (χ0n) is 23.2. The quantitative estimate of drug-likeness (QED) is 0.349. The molecule has 2 unspecified atom stereocenters. The van der Waals surface area contributed by atoms with Crippen molar-refractivity contribution in [3.05, 3.63) is 47.0 Å². The molecule has 3 aliphatic carbocycles. The number of phenols is 1. The van der Waals surface area contributed by atoms with Crippen molar-refractivity contribution in [2.75, 3.05) is 6.61 Å². The molecule has 5 rings (SSSR count). The van der Waals surface area contributed by atoms with Crippen molar-refractivity contribution in [2.45, 2.75) is 44.5 Å². The lowest BCUT2D eigenvalue weighted by molar-refractivity contribution is -0.175. The Hall–Kier alpha value is -4.59. The first kappa shape index (κ1) is 30.9. The minimum atomic E-state index is -5.10. The second-order valence-corrected chi connectivity index (χ2v) is 11.2. The number of rotatable bonds is 6. The average molecular weight is 617 g/mol. The second-order valence-electron chi connectivity index (χ2n) is 11.2.